The third-order valence-electron chi connectivity index (χ3n) is 6.64. The van der Waals surface area contributed by atoms with E-state index >= 15 is 0 Å². The van der Waals surface area contributed by atoms with Gasteiger partial charge in [0.25, 0.3) is 0 Å². The number of carbonyl (C=O) groups is 2. The van der Waals surface area contributed by atoms with Crippen LogP contribution in [-0.2, 0) is 19.0 Å². The third kappa shape index (κ3) is 5.66. The molecule has 35 heavy (non-hydrogen) atoms. The van der Waals surface area contributed by atoms with Crippen molar-refractivity contribution in [2.75, 3.05) is 37.5 Å². The van der Waals surface area contributed by atoms with Gasteiger partial charge >= 0.3 is 12.1 Å². The third-order valence-corrected chi connectivity index (χ3v) is 7.65. The Morgan fingerprint density at radius 2 is 2.03 bits per heavy atom. The quantitative estimate of drug-likeness (QED) is 0.467. The van der Waals surface area contributed by atoms with E-state index in [0.717, 1.165) is 42.4 Å². The lowest BCUT2D eigenvalue weighted by molar-refractivity contribution is -0.140. The zero-order chi connectivity index (χ0) is 25.2. The number of thioether (sulfide) groups is 1. The molecule has 0 aromatic carbocycles. The predicted molar refractivity (Wildman–Crippen MR) is 133 cm³/mol. The number of ether oxygens (including phenoxy) is 3. The van der Waals surface area contributed by atoms with Crippen LogP contribution in [0.3, 0.4) is 0 Å². The number of amides is 1. The summed E-state index contributed by atoms with van der Waals surface area (Å²) in [5.74, 6) is 1.22. The maximum Gasteiger partial charge on any atom is 0.407 e. The van der Waals surface area contributed by atoms with Crippen molar-refractivity contribution in [2.24, 2.45) is 5.41 Å². The van der Waals surface area contributed by atoms with Gasteiger partial charge in [-0.2, -0.15) is 0 Å². The first kappa shape index (κ1) is 25.6. The van der Waals surface area contributed by atoms with E-state index in [0.29, 0.717) is 18.8 Å². The van der Waals surface area contributed by atoms with Crippen LogP contribution in [0.15, 0.2) is 23.5 Å². The van der Waals surface area contributed by atoms with Crippen molar-refractivity contribution in [3.8, 4) is 0 Å². The van der Waals surface area contributed by atoms with Crippen LogP contribution >= 0.6 is 11.8 Å². The van der Waals surface area contributed by atoms with Gasteiger partial charge in [0.15, 0.2) is 5.65 Å². The van der Waals surface area contributed by atoms with Gasteiger partial charge < -0.3 is 24.4 Å². The Balaban J connectivity index is 1.44. The molecule has 2 aromatic rings. The first-order valence-corrected chi connectivity index (χ1v) is 13.0. The molecule has 1 amide bonds. The van der Waals surface area contributed by atoms with Crippen molar-refractivity contribution in [3.05, 3.63) is 18.6 Å². The maximum atomic E-state index is 12.5. The highest BCUT2D eigenvalue weighted by Gasteiger charge is 2.50. The summed E-state index contributed by atoms with van der Waals surface area (Å²) >= 11 is 1.55. The SMILES string of the molecule is COC(=O)CCSc1cnc(N2CCC3(CC2)CO[C@@H](C)[C@H]3NC(=O)OC(C)(C)C)n2ccnc12. The Hall–Kier alpha value is -2.53. The molecule has 11 heteroatoms. The molecule has 0 bridgehead atoms. The van der Waals surface area contributed by atoms with Gasteiger partial charge in [0, 0.05) is 42.8 Å². The minimum absolute atomic E-state index is 0.0751. The number of nitrogens with one attached hydrogen (secondary N) is 1. The smallest absolute Gasteiger partial charge is 0.407 e. The second-order valence-corrected chi connectivity index (χ2v) is 11.3. The van der Waals surface area contributed by atoms with Crippen molar-refractivity contribution >= 4 is 35.4 Å². The summed E-state index contributed by atoms with van der Waals surface area (Å²) in [4.78, 5) is 36.4. The van der Waals surface area contributed by atoms with Gasteiger partial charge in [0.1, 0.15) is 5.60 Å². The van der Waals surface area contributed by atoms with E-state index in [2.05, 4.69) is 15.2 Å². The van der Waals surface area contributed by atoms with Crippen molar-refractivity contribution in [3.63, 3.8) is 0 Å². The molecule has 2 aromatic heterocycles. The minimum atomic E-state index is -0.547. The lowest BCUT2D eigenvalue weighted by Gasteiger charge is -2.43. The summed E-state index contributed by atoms with van der Waals surface area (Å²) < 4.78 is 18.2. The lowest BCUT2D eigenvalue weighted by atomic mass is 9.73. The van der Waals surface area contributed by atoms with E-state index in [4.69, 9.17) is 19.2 Å². The summed E-state index contributed by atoms with van der Waals surface area (Å²) in [5.41, 5.74) is 0.145. The number of piperidine rings is 1. The van der Waals surface area contributed by atoms with Gasteiger partial charge in [-0.1, -0.05) is 0 Å². The van der Waals surface area contributed by atoms with E-state index in [9.17, 15) is 9.59 Å². The number of anilines is 1. The fraction of sp³-hybridized carbons (Fsp3) is 0.667. The molecule has 4 rings (SSSR count). The summed E-state index contributed by atoms with van der Waals surface area (Å²) in [6.07, 6.45) is 7.11. The molecule has 0 radical (unpaired) electrons. The monoisotopic (exact) mass is 505 g/mol. The number of rotatable bonds is 6. The summed E-state index contributed by atoms with van der Waals surface area (Å²) in [7, 11) is 1.40. The number of methoxy groups -OCH3 is 1. The van der Waals surface area contributed by atoms with Crippen LogP contribution in [0.2, 0.25) is 0 Å². The first-order chi connectivity index (χ1) is 16.6. The predicted octanol–water partition coefficient (Wildman–Crippen LogP) is 3.28. The van der Waals surface area contributed by atoms with E-state index in [1.807, 2.05) is 44.5 Å². The first-order valence-electron chi connectivity index (χ1n) is 12.0. The molecule has 0 unspecified atom stereocenters. The topological polar surface area (TPSA) is 107 Å². The zero-order valence-electron chi connectivity index (χ0n) is 21.1. The van der Waals surface area contributed by atoms with Crippen molar-refractivity contribution in [1.82, 2.24) is 19.7 Å². The highest BCUT2D eigenvalue weighted by molar-refractivity contribution is 7.99. The lowest BCUT2D eigenvalue weighted by Crippen LogP contribution is -2.55. The van der Waals surface area contributed by atoms with Crippen molar-refractivity contribution < 1.29 is 23.8 Å². The van der Waals surface area contributed by atoms with Crippen LogP contribution < -0.4 is 10.2 Å². The summed E-state index contributed by atoms with van der Waals surface area (Å²) in [6, 6.07) is -0.102. The molecular weight excluding hydrogens is 470 g/mol. The molecular formula is C24H35N5O5S. The average Bonchev–Trinajstić information content (AvgIpc) is 3.40. The standard InChI is InChI=1S/C24H35N5O5S/c1-16-19(27-22(31)34-23(2,3)4)24(15-33-16)7-10-28(11-8-24)21-26-14-17(20-25-9-12-29(20)21)35-13-6-18(30)32-5/h9,12,14,16,19H,6-8,10-11,13,15H2,1-5H3,(H,27,31)/t16-,19+/m0/s1. The second kappa shape index (κ2) is 10.2. The van der Waals surface area contributed by atoms with Crippen LogP contribution in [0.25, 0.3) is 5.65 Å². The number of imidazole rings is 1. The summed E-state index contributed by atoms with van der Waals surface area (Å²) in [6.45, 7) is 9.80. The van der Waals surface area contributed by atoms with E-state index in [1.165, 1.54) is 7.11 Å². The number of hydrogen-bond donors (Lipinski definition) is 1. The number of alkyl carbamates (subject to hydrolysis) is 1. The normalized spacial score (nSPS) is 21.9. The Labute approximate surface area is 210 Å². The Morgan fingerprint density at radius 1 is 1.29 bits per heavy atom. The van der Waals surface area contributed by atoms with E-state index in [1.54, 1.807) is 18.0 Å². The average molecular weight is 506 g/mol. The Morgan fingerprint density at radius 3 is 2.71 bits per heavy atom. The minimum Gasteiger partial charge on any atom is -0.469 e. The van der Waals surface area contributed by atoms with Crippen LogP contribution in [0.5, 0.6) is 0 Å². The van der Waals surface area contributed by atoms with E-state index < -0.39 is 11.7 Å². The van der Waals surface area contributed by atoms with Crippen LogP contribution in [0, 0.1) is 5.41 Å². The maximum absolute atomic E-state index is 12.5. The second-order valence-electron chi connectivity index (χ2n) is 10.2. The number of fused-ring (bicyclic) bond motifs is 1. The molecule has 1 spiro atoms. The van der Waals surface area contributed by atoms with Crippen LogP contribution in [-0.4, -0.2) is 76.7 Å². The molecule has 2 saturated heterocycles. The fourth-order valence-electron chi connectivity index (χ4n) is 4.86. The van der Waals surface area contributed by atoms with Crippen LogP contribution in [0.4, 0.5) is 10.7 Å². The highest BCUT2D eigenvalue weighted by Crippen LogP contribution is 2.43. The van der Waals surface area contributed by atoms with Gasteiger partial charge in [0.2, 0.25) is 5.95 Å². The molecule has 192 valence electrons. The fourth-order valence-corrected chi connectivity index (χ4v) is 5.76. The number of esters is 1. The number of hydrogen-bond acceptors (Lipinski definition) is 9. The molecule has 10 nitrogen and oxygen atoms in total. The molecule has 0 aliphatic carbocycles. The highest BCUT2D eigenvalue weighted by atomic mass is 32.2. The van der Waals surface area contributed by atoms with Gasteiger partial charge in [-0.25, -0.2) is 14.8 Å². The van der Waals surface area contributed by atoms with Gasteiger partial charge in [-0.05, 0) is 40.5 Å². The van der Waals surface area contributed by atoms with Crippen LogP contribution in [0.1, 0.15) is 47.0 Å². The zero-order valence-corrected chi connectivity index (χ0v) is 21.9. The van der Waals surface area contributed by atoms with Gasteiger partial charge in [0.05, 0.1) is 37.2 Å². The molecule has 2 aliphatic heterocycles. The van der Waals surface area contributed by atoms with Gasteiger partial charge in [-0.3, -0.25) is 9.20 Å². The molecule has 4 heterocycles. The molecule has 1 N–H and O–H groups in total. The Kier molecular flexibility index (Phi) is 7.46. The summed E-state index contributed by atoms with van der Waals surface area (Å²) in [5, 5.41) is 3.09. The number of carbonyl (C=O) groups excluding carboxylic acids is 2. The molecule has 0 saturated carbocycles. The van der Waals surface area contributed by atoms with Crippen molar-refractivity contribution in [1.29, 1.82) is 0 Å². The molecule has 2 atom stereocenters. The largest absolute Gasteiger partial charge is 0.469 e. The van der Waals surface area contributed by atoms with Gasteiger partial charge in [-0.15, -0.1) is 11.8 Å². The molecule has 2 aliphatic rings. The number of aromatic nitrogens is 3. The number of nitrogens with zero attached hydrogens (tertiary/aromatic N) is 4. The van der Waals surface area contributed by atoms with Crippen molar-refractivity contribution in [2.45, 2.75) is 69.6 Å². The van der Waals surface area contributed by atoms with E-state index in [-0.39, 0.29) is 23.5 Å². The molecule has 2 fully saturated rings. The Bertz CT molecular complexity index is 1060.